The third-order valence-corrected chi connectivity index (χ3v) is 8.63. The maximum Gasteiger partial charge on any atom is 0.472 e. The van der Waals surface area contributed by atoms with Crippen LogP contribution in [0.1, 0.15) is 129 Å². The highest BCUT2D eigenvalue weighted by Gasteiger charge is 2.25. The molecule has 0 amide bonds. The maximum atomic E-state index is 12.5. The zero-order valence-corrected chi connectivity index (χ0v) is 34.7. The van der Waals surface area contributed by atoms with Crippen molar-refractivity contribution >= 4 is 19.8 Å². The Labute approximate surface area is 333 Å². The predicted octanol–water partition coefficient (Wildman–Crippen LogP) is 11.6. The number of carbonyl (C=O) groups is 2. The van der Waals surface area contributed by atoms with Gasteiger partial charge < -0.3 is 20.1 Å². The van der Waals surface area contributed by atoms with Gasteiger partial charge in [-0.2, -0.15) is 0 Å². The van der Waals surface area contributed by atoms with Crippen LogP contribution in [-0.4, -0.2) is 49.3 Å². The number of esters is 2. The first kappa shape index (κ1) is 51.7. The number of unbranched alkanes of at least 4 members (excludes halogenated alkanes) is 5. The molecule has 0 spiro atoms. The van der Waals surface area contributed by atoms with Crippen molar-refractivity contribution in [2.45, 2.75) is 136 Å². The van der Waals surface area contributed by atoms with Crippen LogP contribution in [0.2, 0.25) is 0 Å². The summed E-state index contributed by atoms with van der Waals surface area (Å²) in [5.41, 5.74) is 5.33. The van der Waals surface area contributed by atoms with E-state index in [1.165, 1.54) is 25.7 Å². The van der Waals surface area contributed by atoms with Gasteiger partial charge in [0.1, 0.15) is 6.61 Å². The van der Waals surface area contributed by atoms with Crippen LogP contribution in [0, 0.1) is 0 Å². The number of hydrogen-bond acceptors (Lipinski definition) is 8. The molecule has 1 unspecified atom stereocenters. The summed E-state index contributed by atoms with van der Waals surface area (Å²) in [5, 5.41) is 0. The molecule has 0 heterocycles. The first-order valence-corrected chi connectivity index (χ1v) is 21.9. The van der Waals surface area contributed by atoms with Crippen LogP contribution in [0.3, 0.4) is 0 Å². The van der Waals surface area contributed by atoms with Crippen LogP contribution in [0.25, 0.3) is 0 Å². The third-order valence-electron chi connectivity index (χ3n) is 7.64. The van der Waals surface area contributed by atoms with Crippen molar-refractivity contribution in [1.29, 1.82) is 0 Å². The molecule has 0 aromatic rings. The molecule has 9 nitrogen and oxygen atoms in total. The molecule has 0 aromatic heterocycles. The number of phosphoric ester groups is 1. The minimum Gasteiger partial charge on any atom is -0.462 e. The maximum absolute atomic E-state index is 12.5. The number of phosphoric acid groups is 1. The molecule has 310 valence electrons. The van der Waals surface area contributed by atoms with Crippen molar-refractivity contribution < 1.29 is 37.6 Å². The molecule has 0 aliphatic heterocycles. The number of nitrogens with two attached hydrogens (primary N) is 1. The van der Waals surface area contributed by atoms with Gasteiger partial charge in [-0.1, -0.05) is 136 Å². The fourth-order valence-electron chi connectivity index (χ4n) is 4.66. The quantitative estimate of drug-likeness (QED) is 0.0275. The van der Waals surface area contributed by atoms with Gasteiger partial charge in [0.15, 0.2) is 6.10 Å². The SMILES string of the molecule is CCC=CCC=CCC=CCC=CCC=CCCCC(=O)O[C@H](COC(=O)CCCC=CCC=CCC=CCC=CCCCCC)COP(=O)(O)OCCN. The smallest absolute Gasteiger partial charge is 0.462 e. The monoisotopic (exact) mass is 785 g/mol. The Balaban J connectivity index is 4.42. The topological polar surface area (TPSA) is 134 Å². The van der Waals surface area contributed by atoms with E-state index >= 15 is 0 Å². The second-order valence-corrected chi connectivity index (χ2v) is 14.2. The summed E-state index contributed by atoms with van der Waals surface area (Å²) in [6.07, 6.45) is 52.8. The van der Waals surface area contributed by atoms with E-state index < -0.39 is 32.5 Å². The highest BCUT2D eigenvalue weighted by atomic mass is 31.2. The molecule has 0 aromatic carbocycles. The van der Waals surface area contributed by atoms with Gasteiger partial charge in [-0.15, -0.1) is 0 Å². The number of carbonyl (C=O) groups excluding carboxylic acids is 2. The Kier molecular flexibility index (Phi) is 37.9. The van der Waals surface area contributed by atoms with E-state index in [-0.39, 0.29) is 32.6 Å². The summed E-state index contributed by atoms with van der Waals surface area (Å²) in [6, 6.07) is 0. The first-order chi connectivity index (χ1) is 26.8. The molecule has 0 saturated heterocycles. The Bertz CT molecular complexity index is 1260. The Hall–Kier alpha value is -3.33. The van der Waals surface area contributed by atoms with Crippen molar-refractivity contribution in [3.05, 3.63) is 109 Å². The molecule has 55 heavy (non-hydrogen) atoms. The zero-order chi connectivity index (χ0) is 40.3. The molecular formula is C45H72NO8P. The van der Waals surface area contributed by atoms with Gasteiger partial charge in [0.25, 0.3) is 0 Å². The molecule has 0 aliphatic rings. The summed E-state index contributed by atoms with van der Waals surface area (Å²) in [7, 11) is -4.41. The van der Waals surface area contributed by atoms with Gasteiger partial charge >= 0.3 is 19.8 Å². The van der Waals surface area contributed by atoms with Crippen LogP contribution in [0.4, 0.5) is 0 Å². The van der Waals surface area contributed by atoms with Gasteiger partial charge in [-0.3, -0.25) is 18.6 Å². The molecule has 0 rings (SSSR count). The largest absolute Gasteiger partial charge is 0.472 e. The molecule has 0 aliphatic carbocycles. The molecule has 0 bridgehead atoms. The van der Waals surface area contributed by atoms with Crippen LogP contribution in [0.5, 0.6) is 0 Å². The van der Waals surface area contributed by atoms with Gasteiger partial charge in [0.05, 0.1) is 13.2 Å². The van der Waals surface area contributed by atoms with Crippen molar-refractivity contribution in [2.24, 2.45) is 5.73 Å². The second kappa shape index (κ2) is 40.3. The number of ether oxygens (including phenoxy) is 2. The molecule has 3 N–H and O–H groups in total. The standard InChI is InChI=1S/C45H72NO8P/c1-3-5-7-9-11-13-15-17-19-21-23-25-27-29-31-33-35-37-44(47)51-41-43(42-53-55(49,50)52-40-39-46)54-45(48)38-36-34-32-30-28-26-24-22-20-18-16-14-12-10-8-6-4-2/h6,8,11-14,17-20,23-26,29-32,43H,3-5,7,9-10,15-16,21-22,27-28,33-42,46H2,1-2H3,(H,49,50)/t43-/m1/s1. The summed E-state index contributed by atoms with van der Waals surface area (Å²) in [5.74, 6) is -0.977. The highest BCUT2D eigenvalue weighted by molar-refractivity contribution is 7.47. The lowest BCUT2D eigenvalue weighted by Crippen LogP contribution is -2.29. The van der Waals surface area contributed by atoms with Gasteiger partial charge in [0, 0.05) is 19.4 Å². The van der Waals surface area contributed by atoms with E-state index in [0.717, 1.165) is 57.8 Å². The Morgan fingerprint density at radius 2 is 0.982 bits per heavy atom. The molecule has 10 heteroatoms. The van der Waals surface area contributed by atoms with Gasteiger partial charge in [0.2, 0.25) is 0 Å². The van der Waals surface area contributed by atoms with E-state index in [1.807, 2.05) is 12.2 Å². The predicted molar refractivity (Wildman–Crippen MR) is 228 cm³/mol. The van der Waals surface area contributed by atoms with Crippen LogP contribution in [0.15, 0.2) is 109 Å². The van der Waals surface area contributed by atoms with Crippen LogP contribution >= 0.6 is 7.82 Å². The van der Waals surface area contributed by atoms with Crippen molar-refractivity contribution in [3.63, 3.8) is 0 Å². The minimum atomic E-state index is -4.41. The zero-order valence-electron chi connectivity index (χ0n) is 33.9. The Morgan fingerprint density at radius 3 is 1.42 bits per heavy atom. The fraction of sp³-hybridized carbons (Fsp3) is 0.556. The summed E-state index contributed by atoms with van der Waals surface area (Å²) < 4.78 is 32.6. The molecular weight excluding hydrogens is 713 g/mol. The number of allylic oxidation sites excluding steroid dienone is 18. The second-order valence-electron chi connectivity index (χ2n) is 12.8. The number of rotatable bonds is 36. The minimum absolute atomic E-state index is 0.0306. The van der Waals surface area contributed by atoms with Crippen molar-refractivity contribution in [2.75, 3.05) is 26.4 Å². The van der Waals surface area contributed by atoms with E-state index in [4.69, 9.17) is 24.3 Å². The van der Waals surface area contributed by atoms with Crippen molar-refractivity contribution in [3.8, 4) is 0 Å². The number of hydrogen-bond donors (Lipinski definition) is 2. The summed E-state index contributed by atoms with van der Waals surface area (Å²) in [4.78, 5) is 34.8. The lowest BCUT2D eigenvalue weighted by Gasteiger charge is -2.19. The molecule has 0 radical (unpaired) electrons. The summed E-state index contributed by atoms with van der Waals surface area (Å²) in [6.45, 7) is 3.42. The van der Waals surface area contributed by atoms with E-state index in [1.54, 1.807) is 0 Å². The molecule has 0 fully saturated rings. The molecule has 0 saturated carbocycles. The van der Waals surface area contributed by atoms with Gasteiger partial charge in [-0.05, 0) is 89.9 Å². The van der Waals surface area contributed by atoms with Crippen LogP contribution < -0.4 is 5.73 Å². The summed E-state index contributed by atoms with van der Waals surface area (Å²) >= 11 is 0. The van der Waals surface area contributed by atoms with Crippen molar-refractivity contribution in [1.82, 2.24) is 0 Å². The normalized spacial score (nSPS) is 14.5. The highest BCUT2D eigenvalue weighted by Crippen LogP contribution is 2.43. The lowest BCUT2D eigenvalue weighted by molar-refractivity contribution is -0.161. The van der Waals surface area contributed by atoms with Gasteiger partial charge in [-0.25, -0.2) is 4.57 Å². The first-order valence-electron chi connectivity index (χ1n) is 20.4. The Morgan fingerprint density at radius 1 is 0.564 bits per heavy atom. The average molecular weight is 786 g/mol. The molecule has 2 atom stereocenters. The fourth-order valence-corrected chi connectivity index (χ4v) is 5.43. The van der Waals surface area contributed by atoms with E-state index in [0.29, 0.717) is 19.3 Å². The third kappa shape index (κ3) is 40.2. The lowest BCUT2D eigenvalue weighted by atomic mass is 10.2. The van der Waals surface area contributed by atoms with Crippen LogP contribution in [-0.2, 0) is 32.7 Å². The van der Waals surface area contributed by atoms with E-state index in [9.17, 15) is 19.0 Å². The van der Waals surface area contributed by atoms with E-state index in [2.05, 4.69) is 111 Å². The average Bonchev–Trinajstić information content (AvgIpc) is 3.17.